The number of rotatable bonds is 8. The Morgan fingerprint density at radius 2 is 1.84 bits per heavy atom. The van der Waals surface area contributed by atoms with Gasteiger partial charge in [-0.2, -0.15) is 0 Å². The van der Waals surface area contributed by atoms with E-state index in [9.17, 15) is 0 Å². The third-order valence-corrected chi connectivity index (χ3v) is 5.26. The van der Waals surface area contributed by atoms with Crippen LogP contribution in [0.4, 0.5) is 0 Å². The maximum atomic E-state index is 5.83. The van der Waals surface area contributed by atoms with Gasteiger partial charge in [0.2, 0.25) is 0 Å². The molecule has 1 aromatic carbocycles. The Kier molecular flexibility index (Phi) is 5.87. The number of aromatic nitrogens is 2. The van der Waals surface area contributed by atoms with Gasteiger partial charge in [0.05, 0.1) is 18.0 Å². The number of nitrogens with zero attached hydrogens (tertiary/aromatic N) is 2. The maximum Gasteiger partial charge on any atom is 0.136 e. The minimum Gasteiger partial charge on any atom is -0.494 e. The van der Waals surface area contributed by atoms with Crippen molar-refractivity contribution < 1.29 is 9.26 Å². The molecule has 25 heavy (non-hydrogen) atoms. The summed E-state index contributed by atoms with van der Waals surface area (Å²) in [5, 5.41) is 4.98. The predicted octanol–water partition coefficient (Wildman–Crippen LogP) is 5.52. The van der Waals surface area contributed by atoms with Crippen molar-refractivity contribution in [1.29, 1.82) is 0 Å². The van der Waals surface area contributed by atoms with Crippen molar-refractivity contribution in [2.75, 3.05) is 6.61 Å². The van der Waals surface area contributed by atoms with Gasteiger partial charge in [-0.1, -0.05) is 5.16 Å². The van der Waals surface area contributed by atoms with E-state index in [1.165, 1.54) is 4.88 Å². The molecule has 0 fully saturated rings. The lowest BCUT2D eigenvalue weighted by molar-refractivity contribution is 0.303. The molecule has 2 heterocycles. The molecule has 4 nitrogen and oxygen atoms in total. The fourth-order valence-electron chi connectivity index (χ4n) is 2.59. The zero-order valence-corrected chi connectivity index (χ0v) is 15.9. The topological polar surface area (TPSA) is 48.2 Å². The summed E-state index contributed by atoms with van der Waals surface area (Å²) in [6.07, 6.45) is 4.21. The number of aryl methyl sites for hydroxylation is 4. The van der Waals surface area contributed by atoms with E-state index < -0.39 is 0 Å². The Balaban J connectivity index is 1.38. The van der Waals surface area contributed by atoms with Crippen LogP contribution in [-0.4, -0.2) is 16.7 Å². The third kappa shape index (κ3) is 4.92. The largest absolute Gasteiger partial charge is 0.494 e. The van der Waals surface area contributed by atoms with Crippen molar-refractivity contribution in [2.45, 2.75) is 46.5 Å². The molecule has 0 aliphatic carbocycles. The van der Waals surface area contributed by atoms with Gasteiger partial charge in [0.15, 0.2) is 0 Å². The molecule has 0 radical (unpaired) electrons. The number of hydrogen-bond acceptors (Lipinski definition) is 5. The average molecular weight is 356 g/mol. The Morgan fingerprint density at radius 3 is 2.48 bits per heavy atom. The summed E-state index contributed by atoms with van der Waals surface area (Å²) in [7, 11) is 0. The number of unbranched alkanes of at least 4 members (excludes halogenated alkanes) is 2. The molecule has 0 amide bonds. The summed E-state index contributed by atoms with van der Waals surface area (Å²) in [5.41, 5.74) is 3.21. The van der Waals surface area contributed by atoms with E-state index in [0.29, 0.717) is 0 Å². The van der Waals surface area contributed by atoms with Crippen LogP contribution in [-0.2, 0) is 6.42 Å². The highest BCUT2D eigenvalue weighted by Gasteiger charge is 2.06. The summed E-state index contributed by atoms with van der Waals surface area (Å²) in [6.45, 7) is 6.85. The molecule has 0 aliphatic heterocycles. The minimum absolute atomic E-state index is 0.740. The first-order valence-corrected chi connectivity index (χ1v) is 9.53. The van der Waals surface area contributed by atoms with Gasteiger partial charge in [0.25, 0.3) is 0 Å². The average Bonchev–Trinajstić information content (AvgIpc) is 3.17. The van der Waals surface area contributed by atoms with E-state index in [2.05, 4.69) is 36.1 Å². The van der Waals surface area contributed by atoms with Crippen molar-refractivity contribution in [3.63, 3.8) is 0 Å². The van der Waals surface area contributed by atoms with Gasteiger partial charge in [-0.25, -0.2) is 4.98 Å². The zero-order chi connectivity index (χ0) is 17.6. The molecular weight excluding hydrogens is 332 g/mol. The highest BCUT2D eigenvalue weighted by molar-refractivity contribution is 7.15. The van der Waals surface area contributed by atoms with Gasteiger partial charge < -0.3 is 9.26 Å². The van der Waals surface area contributed by atoms with Crippen LogP contribution in [0.5, 0.6) is 5.75 Å². The SMILES string of the molecule is Cc1cc(CCCCCOc2ccc(-c3nc(C)c(C)s3)cc2)on1. The van der Waals surface area contributed by atoms with Crippen LogP contribution in [0.25, 0.3) is 10.6 Å². The minimum atomic E-state index is 0.740. The first-order chi connectivity index (χ1) is 12.1. The van der Waals surface area contributed by atoms with Crippen LogP contribution in [0.15, 0.2) is 34.9 Å². The number of thiazole rings is 1. The zero-order valence-electron chi connectivity index (χ0n) is 15.0. The standard InChI is InChI=1S/C20H24N2O2S/c1-14-13-19(24-22-14)7-5-4-6-12-23-18-10-8-17(9-11-18)20-21-15(2)16(3)25-20/h8-11,13H,4-7,12H2,1-3H3. The maximum absolute atomic E-state index is 5.83. The van der Waals surface area contributed by atoms with E-state index in [4.69, 9.17) is 9.26 Å². The molecule has 132 valence electrons. The molecule has 5 heteroatoms. The molecule has 0 aliphatic rings. The van der Waals surface area contributed by atoms with E-state index in [1.54, 1.807) is 11.3 Å². The van der Waals surface area contributed by atoms with Crippen molar-refractivity contribution in [2.24, 2.45) is 0 Å². The second-order valence-electron chi connectivity index (χ2n) is 6.28. The molecule has 0 atom stereocenters. The summed E-state index contributed by atoms with van der Waals surface area (Å²) in [6, 6.07) is 10.2. The fraction of sp³-hybridized carbons (Fsp3) is 0.400. The number of hydrogen-bond donors (Lipinski definition) is 0. The Morgan fingerprint density at radius 1 is 1.04 bits per heavy atom. The highest BCUT2D eigenvalue weighted by atomic mass is 32.1. The second kappa shape index (κ2) is 8.30. The van der Waals surface area contributed by atoms with Gasteiger partial charge in [-0.15, -0.1) is 11.3 Å². The van der Waals surface area contributed by atoms with Crippen molar-refractivity contribution in [3.05, 3.63) is 52.4 Å². The molecule has 3 aromatic rings. The van der Waals surface area contributed by atoms with Crippen LogP contribution < -0.4 is 4.74 Å². The molecule has 0 bridgehead atoms. The van der Waals surface area contributed by atoms with Crippen LogP contribution in [0.2, 0.25) is 0 Å². The smallest absolute Gasteiger partial charge is 0.136 e. The third-order valence-electron chi connectivity index (χ3n) is 4.14. The molecule has 0 spiro atoms. The lowest BCUT2D eigenvalue weighted by atomic mass is 10.1. The molecular formula is C20H24N2O2S. The van der Waals surface area contributed by atoms with Crippen molar-refractivity contribution in [3.8, 4) is 16.3 Å². The number of ether oxygens (including phenoxy) is 1. The van der Waals surface area contributed by atoms with Gasteiger partial charge >= 0.3 is 0 Å². The summed E-state index contributed by atoms with van der Waals surface area (Å²) < 4.78 is 11.0. The summed E-state index contributed by atoms with van der Waals surface area (Å²) >= 11 is 1.74. The van der Waals surface area contributed by atoms with Crippen molar-refractivity contribution >= 4 is 11.3 Å². The Labute approximate surface area is 152 Å². The molecule has 0 saturated carbocycles. The number of benzene rings is 1. The lowest BCUT2D eigenvalue weighted by Crippen LogP contribution is -1.97. The molecule has 0 saturated heterocycles. The van der Waals surface area contributed by atoms with E-state index in [1.807, 2.05) is 25.1 Å². The molecule has 0 unspecified atom stereocenters. The quantitative estimate of drug-likeness (QED) is 0.499. The van der Waals surface area contributed by atoms with Gasteiger partial charge in [-0.3, -0.25) is 0 Å². The first kappa shape index (κ1) is 17.7. The van der Waals surface area contributed by atoms with Crippen LogP contribution >= 0.6 is 11.3 Å². The van der Waals surface area contributed by atoms with E-state index in [0.717, 1.165) is 65.8 Å². The fourth-order valence-corrected chi connectivity index (χ4v) is 3.51. The van der Waals surface area contributed by atoms with Crippen LogP contribution in [0, 0.1) is 20.8 Å². The molecule has 3 rings (SSSR count). The Bertz CT molecular complexity index is 786. The van der Waals surface area contributed by atoms with Gasteiger partial charge in [-0.05, 0) is 64.3 Å². The second-order valence-corrected chi connectivity index (χ2v) is 7.48. The van der Waals surface area contributed by atoms with Gasteiger partial charge in [0.1, 0.15) is 16.5 Å². The van der Waals surface area contributed by atoms with Crippen molar-refractivity contribution in [1.82, 2.24) is 10.1 Å². The summed E-state index contributed by atoms with van der Waals surface area (Å²) in [5.74, 6) is 1.89. The lowest BCUT2D eigenvalue weighted by Gasteiger charge is -2.06. The van der Waals surface area contributed by atoms with Crippen LogP contribution in [0.1, 0.15) is 41.3 Å². The van der Waals surface area contributed by atoms with E-state index in [-0.39, 0.29) is 0 Å². The molecule has 0 N–H and O–H groups in total. The van der Waals surface area contributed by atoms with Gasteiger partial charge in [0, 0.05) is 22.9 Å². The van der Waals surface area contributed by atoms with Crippen LogP contribution in [0.3, 0.4) is 0 Å². The monoisotopic (exact) mass is 356 g/mol. The van der Waals surface area contributed by atoms with E-state index >= 15 is 0 Å². The molecule has 2 aromatic heterocycles. The summed E-state index contributed by atoms with van der Waals surface area (Å²) in [4.78, 5) is 5.87. The normalized spacial score (nSPS) is 11.0. The Hall–Kier alpha value is -2.14. The predicted molar refractivity (Wildman–Crippen MR) is 101 cm³/mol. The highest BCUT2D eigenvalue weighted by Crippen LogP contribution is 2.28. The first-order valence-electron chi connectivity index (χ1n) is 8.71.